The van der Waals surface area contributed by atoms with Gasteiger partial charge >= 0.3 is 13.1 Å². The normalized spacial score (nSPS) is 20.8. The Bertz CT molecular complexity index is 566. The van der Waals surface area contributed by atoms with Crippen molar-refractivity contribution in [1.82, 2.24) is 4.98 Å². The Hall–Kier alpha value is -1.22. The van der Waals surface area contributed by atoms with Crippen molar-refractivity contribution in [2.45, 2.75) is 38.9 Å². The molecule has 2 rings (SSSR count). The van der Waals surface area contributed by atoms with Crippen molar-refractivity contribution >= 4 is 30.5 Å². The van der Waals surface area contributed by atoms with Gasteiger partial charge in [0.25, 0.3) is 0 Å². The van der Waals surface area contributed by atoms with E-state index in [0.29, 0.717) is 5.01 Å². The minimum Gasteiger partial charge on any atom is -0.477 e. The SMILES string of the molecule is CC1(C)OB(C(=Cc2ncc(C(=O)O)s2)CN)OC1(C)C. The number of rotatable bonds is 4. The van der Waals surface area contributed by atoms with Crippen LogP contribution in [0.1, 0.15) is 42.4 Å². The van der Waals surface area contributed by atoms with E-state index in [1.807, 2.05) is 27.7 Å². The van der Waals surface area contributed by atoms with Crippen molar-refractivity contribution in [2.75, 3.05) is 6.54 Å². The van der Waals surface area contributed by atoms with E-state index in [0.717, 1.165) is 16.8 Å². The number of carbonyl (C=O) groups is 1. The van der Waals surface area contributed by atoms with Crippen molar-refractivity contribution in [3.8, 4) is 0 Å². The first-order valence-corrected chi connectivity index (χ1v) is 7.43. The van der Waals surface area contributed by atoms with Crippen LogP contribution in [0.25, 0.3) is 6.08 Å². The number of nitrogens with zero attached hydrogens (tertiary/aromatic N) is 1. The third kappa shape index (κ3) is 3.18. The number of aromatic carboxylic acids is 1. The van der Waals surface area contributed by atoms with Gasteiger partial charge in [-0.2, -0.15) is 0 Å². The first-order chi connectivity index (χ1) is 9.66. The third-order valence-electron chi connectivity index (χ3n) is 3.83. The van der Waals surface area contributed by atoms with E-state index in [2.05, 4.69) is 4.98 Å². The van der Waals surface area contributed by atoms with Crippen LogP contribution in [0.3, 0.4) is 0 Å². The number of hydrogen-bond acceptors (Lipinski definition) is 6. The quantitative estimate of drug-likeness (QED) is 0.824. The van der Waals surface area contributed by atoms with E-state index >= 15 is 0 Å². The van der Waals surface area contributed by atoms with E-state index in [9.17, 15) is 4.79 Å². The van der Waals surface area contributed by atoms with E-state index in [1.54, 1.807) is 6.08 Å². The monoisotopic (exact) mass is 310 g/mol. The fourth-order valence-corrected chi connectivity index (χ4v) is 2.56. The standard InChI is InChI=1S/C13H19BN2O4S/c1-12(2)13(3,4)20-14(19-12)8(6-15)5-10-16-7-9(21-10)11(17)18/h5,7H,6,15H2,1-4H3,(H,17,18). The van der Waals surface area contributed by atoms with Crippen LogP contribution in [0.4, 0.5) is 0 Å². The van der Waals surface area contributed by atoms with Crippen LogP contribution in [-0.2, 0) is 9.31 Å². The van der Waals surface area contributed by atoms with Gasteiger partial charge in [-0.15, -0.1) is 11.3 Å². The number of thiazole rings is 1. The Morgan fingerprint density at radius 3 is 2.43 bits per heavy atom. The summed E-state index contributed by atoms with van der Waals surface area (Å²) in [5.74, 6) is -0.989. The second-order valence-corrected chi connectivity index (χ2v) is 6.94. The van der Waals surface area contributed by atoms with Crippen LogP contribution >= 0.6 is 11.3 Å². The minimum absolute atomic E-state index is 0.187. The number of carboxylic acids is 1. The largest absolute Gasteiger partial charge is 0.491 e. The Morgan fingerprint density at radius 2 is 2.00 bits per heavy atom. The Labute approximate surface area is 128 Å². The van der Waals surface area contributed by atoms with Gasteiger partial charge in [-0.3, -0.25) is 0 Å². The molecule has 1 aromatic heterocycles. The smallest absolute Gasteiger partial charge is 0.477 e. The lowest BCUT2D eigenvalue weighted by atomic mass is 9.78. The summed E-state index contributed by atoms with van der Waals surface area (Å²) >= 11 is 1.09. The molecular weight excluding hydrogens is 291 g/mol. The van der Waals surface area contributed by atoms with E-state index in [4.69, 9.17) is 20.1 Å². The van der Waals surface area contributed by atoms with Crippen molar-refractivity contribution in [3.05, 3.63) is 21.6 Å². The molecule has 0 amide bonds. The zero-order valence-corrected chi connectivity index (χ0v) is 13.4. The number of carboxylic acid groups (broad SMARTS) is 1. The first-order valence-electron chi connectivity index (χ1n) is 6.61. The number of hydrogen-bond donors (Lipinski definition) is 2. The highest BCUT2D eigenvalue weighted by atomic mass is 32.1. The lowest BCUT2D eigenvalue weighted by Crippen LogP contribution is -2.41. The average molecular weight is 310 g/mol. The molecule has 0 unspecified atom stereocenters. The predicted octanol–water partition coefficient (Wildman–Crippen LogP) is 1.81. The summed E-state index contributed by atoms with van der Waals surface area (Å²) < 4.78 is 11.9. The Morgan fingerprint density at radius 1 is 1.43 bits per heavy atom. The summed E-state index contributed by atoms with van der Waals surface area (Å²) in [4.78, 5) is 15.1. The van der Waals surface area contributed by atoms with Crippen molar-refractivity contribution < 1.29 is 19.2 Å². The molecular formula is C13H19BN2O4S. The molecule has 6 nitrogen and oxygen atoms in total. The predicted molar refractivity (Wildman–Crippen MR) is 82.2 cm³/mol. The molecule has 3 N–H and O–H groups in total. The number of aromatic nitrogens is 1. The van der Waals surface area contributed by atoms with E-state index in [-0.39, 0.29) is 11.4 Å². The molecule has 1 aliphatic rings. The lowest BCUT2D eigenvalue weighted by Gasteiger charge is -2.32. The molecule has 0 spiro atoms. The van der Waals surface area contributed by atoms with Gasteiger partial charge in [-0.25, -0.2) is 9.78 Å². The van der Waals surface area contributed by atoms with Crippen LogP contribution in [0.2, 0.25) is 0 Å². The minimum atomic E-state index is -0.989. The second kappa shape index (κ2) is 5.53. The van der Waals surface area contributed by atoms with Crippen molar-refractivity contribution in [1.29, 1.82) is 0 Å². The Kier molecular flexibility index (Phi) is 4.25. The zero-order valence-electron chi connectivity index (χ0n) is 12.5. The van der Waals surface area contributed by atoms with Gasteiger partial charge in [0.15, 0.2) is 0 Å². The van der Waals surface area contributed by atoms with Crippen LogP contribution < -0.4 is 5.73 Å². The van der Waals surface area contributed by atoms with Crippen LogP contribution in [0, 0.1) is 0 Å². The second-order valence-electron chi connectivity index (χ2n) is 5.88. The van der Waals surface area contributed by atoms with Gasteiger partial charge in [-0.05, 0) is 39.2 Å². The molecule has 0 bridgehead atoms. The topological polar surface area (TPSA) is 94.7 Å². The number of nitrogens with two attached hydrogens (primary N) is 1. The summed E-state index contributed by atoms with van der Waals surface area (Å²) in [5, 5.41) is 9.49. The summed E-state index contributed by atoms with van der Waals surface area (Å²) in [7, 11) is -0.544. The molecule has 0 atom stereocenters. The van der Waals surface area contributed by atoms with Gasteiger partial charge in [0.2, 0.25) is 0 Å². The molecule has 0 aliphatic carbocycles. The third-order valence-corrected chi connectivity index (χ3v) is 4.77. The van der Waals surface area contributed by atoms with E-state index < -0.39 is 24.3 Å². The molecule has 0 radical (unpaired) electrons. The fourth-order valence-electron chi connectivity index (χ4n) is 1.83. The maximum Gasteiger partial charge on any atom is 0.491 e. The fraction of sp³-hybridized carbons (Fsp3) is 0.538. The summed E-state index contributed by atoms with van der Waals surface area (Å²) in [6.45, 7) is 8.11. The van der Waals surface area contributed by atoms with Gasteiger partial charge in [0.1, 0.15) is 9.88 Å². The molecule has 2 heterocycles. The molecule has 1 saturated heterocycles. The highest BCUT2D eigenvalue weighted by Crippen LogP contribution is 2.38. The molecule has 0 aromatic carbocycles. The Balaban J connectivity index is 2.24. The summed E-state index contributed by atoms with van der Waals surface area (Å²) in [6, 6.07) is 0. The highest BCUT2D eigenvalue weighted by Gasteiger charge is 2.52. The van der Waals surface area contributed by atoms with Gasteiger partial charge < -0.3 is 20.1 Å². The molecule has 21 heavy (non-hydrogen) atoms. The van der Waals surface area contributed by atoms with Crippen LogP contribution in [-0.4, -0.2) is 40.9 Å². The first kappa shape index (κ1) is 16.2. The van der Waals surface area contributed by atoms with Crippen LogP contribution in [0.5, 0.6) is 0 Å². The lowest BCUT2D eigenvalue weighted by molar-refractivity contribution is 0.00578. The molecule has 1 aliphatic heterocycles. The molecule has 1 fully saturated rings. The molecule has 0 saturated carbocycles. The highest BCUT2D eigenvalue weighted by molar-refractivity contribution is 7.14. The van der Waals surface area contributed by atoms with Crippen molar-refractivity contribution in [2.24, 2.45) is 5.73 Å². The van der Waals surface area contributed by atoms with Crippen LogP contribution in [0.15, 0.2) is 11.7 Å². The maximum atomic E-state index is 10.9. The van der Waals surface area contributed by atoms with Gasteiger partial charge in [-0.1, -0.05) is 0 Å². The molecule has 8 heteroatoms. The molecule has 1 aromatic rings. The summed E-state index contributed by atoms with van der Waals surface area (Å²) in [6.07, 6.45) is 3.07. The average Bonchev–Trinajstić information content (AvgIpc) is 2.90. The van der Waals surface area contributed by atoms with E-state index in [1.165, 1.54) is 6.20 Å². The maximum absolute atomic E-state index is 10.9. The molecule has 114 valence electrons. The van der Waals surface area contributed by atoms with Crippen molar-refractivity contribution in [3.63, 3.8) is 0 Å². The summed E-state index contributed by atoms with van der Waals surface area (Å²) in [5.41, 5.74) is 5.63. The van der Waals surface area contributed by atoms with Gasteiger partial charge in [0.05, 0.1) is 17.4 Å². The van der Waals surface area contributed by atoms with Gasteiger partial charge in [0, 0.05) is 6.54 Å². The zero-order chi connectivity index (χ0) is 15.8.